The molecule has 1 aliphatic rings. The fourth-order valence-corrected chi connectivity index (χ4v) is 2.74. The van der Waals surface area contributed by atoms with E-state index >= 15 is 0 Å². The van der Waals surface area contributed by atoms with Gasteiger partial charge in [-0.25, -0.2) is 0 Å². The summed E-state index contributed by atoms with van der Waals surface area (Å²) in [5, 5.41) is 18.0. The number of hydrogen-bond donors (Lipinski definition) is 2. The minimum absolute atomic E-state index is 0.344. The van der Waals surface area contributed by atoms with Gasteiger partial charge in [-0.2, -0.15) is 11.3 Å². The molecule has 14 heavy (non-hydrogen) atoms. The topological polar surface area (TPSA) is 32.3 Å². The van der Waals surface area contributed by atoms with E-state index in [1.54, 1.807) is 11.3 Å². The van der Waals surface area contributed by atoms with Crippen molar-refractivity contribution < 1.29 is 5.11 Å². The highest BCUT2D eigenvalue weighted by atomic mass is 32.1. The Bertz CT molecular complexity index is 285. The first-order chi connectivity index (χ1) is 6.71. The van der Waals surface area contributed by atoms with E-state index in [1.165, 1.54) is 5.56 Å². The monoisotopic (exact) mass is 211 g/mol. The second kappa shape index (κ2) is 4.01. The van der Waals surface area contributed by atoms with Crippen LogP contribution in [0.3, 0.4) is 0 Å². The second-order valence-corrected chi connectivity index (χ2v) is 5.05. The number of aliphatic hydroxyl groups is 1. The van der Waals surface area contributed by atoms with Crippen molar-refractivity contribution in [3.63, 3.8) is 0 Å². The molecule has 0 amide bonds. The van der Waals surface area contributed by atoms with Crippen molar-refractivity contribution in [2.24, 2.45) is 5.92 Å². The van der Waals surface area contributed by atoms with Gasteiger partial charge in [0, 0.05) is 13.0 Å². The number of piperidine rings is 1. The maximum Gasteiger partial charge on any atom is 0.0737 e. The molecule has 0 aromatic carbocycles. The molecule has 0 aliphatic carbocycles. The molecule has 2 rings (SSSR count). The van der Waals surface area contributed by atoms with Gasteiger partial charge in [-0.15, -0.1) is 0 Å². The molecule has 1 aromatic rings. The van der Waals surface area contributed by atoms with Gasteiger partial charge in [-0.05, 0) is 41.3 Å². The Morgan fingerprint density at radius 1 is 1.71 bits per heavy atom. The van der Waals surface area contributed by atoms with Crippen molar-refractivity contribution >= 4 is 11.3 Å². The molecular weight excluding hydrogens is 194 g/mol. The normalized spacial score (nSPS) is 33.1. The Labute approximate surface area is 89.0 Å². The maximum atomic E-state index is 10.5. The van der Waals surface area contributed by atoms with Gasteiger partial charge in [-0.3, -0.25) is 0 Å². The molecule has 0 radical (unpaired) electrons. The lowest BCUT2D eigenvalue weighted by Crippen LogP contribution is -2.50. The summed E-state index contributed by atoms with van der Waals surface area (Å²) in [5.74, 6) is 0.344. The van der Waals surface area contributed by atoms with Crippen molar-refractivity contribution in [1.29, 1.82) is 0 Å². The third-order valence-corrected chi connectivity index (χ3v) is 3.92. The van der Waals surface area contributed by atoms with Crippen molar-refractivity contribution in [3.8, 4) is 0 Å². The fourth-order valence-electron chi connectivity index (χ4n) is 2.07. The van der Waals surface area contributed by atoms with Gasteiger partial charge in [0.1, 0.15) is 0 Å². The summed E-state index contributed by atoms with van der Waals surface area (Å²) in [4.78, 5) is 0. The van der Waals surface area contributed by atoms with E-state index in [4.69, 9.17) is 0 Å². The molecule has 2 N–H and O–H groups in total. The Balaban J connectivity index is 2.07. The first-order valence-electron chi connectivity index (χ1n) is 5.15. The molecule has 1 aliphatic heterocycles. The predicted octanol–water partition coefficient (Wildman–Crippen LogP) is 1.65. The van der Waals surface area contributed by atoms with Gasteiger partial charge in [0.05, 0.1) is 5.60 Å². The first kappa shape index (κ1) is 10.1. The van der Waals surface area contributed by atoms with Crippen LogP contribution in [0.1, 0.15) is 18.9 Å². The van der Waals surface area contributed by atoms with E-state index in [2.05, 4.69) is 29.1 Å². The average Bonchev–Trinajstić information content (AvgIpc) is 2.63. The van der Waals surface area contributed by atoms with E-state index in [0.717, 1.165) is 25.9 Å². The van der Waals surface area contributed by atoms with E-state index in [1.807, 2.05) is 0 Å². The summed E-state index contributed by atoms with van der Waals surface area (Å²) >= 11 is 1.70. The van der Waals surface area contributed by atoms with E-state index in [0.29, 0.717) is 5.92 Å². The molecular formula is C11H17NOS. The summed E-state index contributed by atoms with van der Waals surface area (Å²) in [6.07, 6.45) is 1.67. The van der Waals surface area contributed by atoms with Crippen LogP contribution >= 0.6 is 11.3 Å². The molecule has 2 nitrogen and oxygen atoms in total. The van der Waals surface area contributed by atoms with Gasteiger partial charge >= 0.3 is 0 Å². The van der Waals surface area contributed by atoms with Gasteiger partial charge < -0.3 is 10.4 Å². The van der Waals surface area contributed by atoms with Crippen LogP contribution < -0.4 is 5.32 Å². The van der Waals surface area contributed by atoms with Crippen LogP contribution in [0.15, 0.2) is 16.8 Å². The van der Waals surface area contributed by atoms with Crippen LogP contribution in [-0.4, -0.2) is 23.8 Å². The van der Waals surface area contributed by atoms with Crippen LogP contribution in [0.5, 0.6) is 0 Å². The minimum atomic E-state index is -0.494. The smallest absolute Gasteiger partial charge is 0.0737 e. The van der Waals surface area contributed by atoms with E-state index < -0.39 is 5.60 Å². The maximum absolute atomic E-state index is 10.5. The summed E-state index contributed by atoms with van der Waals surface area (Å²) in [6.45, 7) is 3.99. The fraction of sp³-hybridized carbons (Fsp3) is 0.636. The van der Waals surface area contributed by atoms with E-state index in [9.17, 15) is 5.11 Å². The molecule has 1 aromatic heterocycles. The quantitative estimate of drug-likeness (QED) is 0.779. The standard InChI is InChI=1S/C11H17NOS/c1-9-7-12-4-3-11(9,13)6-10-2-5-14-8-10/h2,5,8-9,12-13H,3-4,6-7H2,1H3. The SMILES string of the molecule is CC1CNCCC1(O)Cc1ccsc1. The Hall–Kier alpha value is -0.380. The van der Waals surface area contributed by atoms with Crippen molar-refractivity contribution in [1.82, 2.24) is 5.32 Å². The number of nitrogens with one attached hydrogen (secondary N) is 1. The second-order valence-electron chi connectivity index (χ2n) is 4.27. The molecule has 2 heterocycles. The van der Waals surface area contributed by atoms with Gasteiger partial charge in [0.2, 0.25) is 0 Å². The number of rotatable bonds is 2. The third-order valence-electron chi connectivity index (χ3n) is 3.19. The van der Waals surface area contributed by atoms with Crippen LogP contribution in [-0.2, 0) is 6.42 Å². The highest BCUT2D eigenvalue weighted by molar-refractivity contribution is 7.07. The van der Waals surface area contributed by atoms with Crippen molar-refractivity contribution in [2.45, 2.75) is 25.4 Å². The van der Waals surface area contributed by atoms with Crippen LogP contribution in [0.25, 0.3) is 0 Å². The Morgan fingerprint density at radius 3 is 3.21 bits per heavy atom. The molecule has 2 atom stereocenters. The summed E-state index contributed by atoms with van der Waals surface area (Å²) < 4.78 is 0. The highest BCUT2D eigenvalue weighted by Crippen LogP contribution is 2.28. The molecule has 1 fully saturated rings. The van der Waals surface area contributed by atoms with Crippen LogP contribution in [0.4, 0.5) is 0 Å². The summed E-state index contributed by atoms with van der Waals surface area (Å²) in [6, 6.07) is 2.11. The third kappa shape index (κ3) is 2.00. The molecule has 2 unspecified atom stereocenters. The Kier molecular flexibility index (Phi) is 2.91. The van der Waals surface area contributed by atoms with Gasteiger partial charge in [0.15, 0.2) is 0 Å². The van der Waals surface area contributed by atoms with Crippen LogP contribution in [0.2, 0.25) is 0 Å². The Morgan fingerprint density at radius 2 is 2.57 bits per heavy atom. The number of thiophene rings is 1. The molecule has 1 saturated heterocycles. The average molecular weight is 211 g/mol. The first-order valence-corrected chi connectivity index (χ1v) is 6.09. The summed E-state index contributed by atoms with van der Waals surface area (Å²) in [5.41, 5.74) is 0.776. The summed E-state index contributed by atoms with van der Waals surface area (Å²) in [7, 11) is 0. The lowest BCUT2D eigenvalue weighted by atomic mass is 9.79. The van der Waals surface area contributed by atoms with Crippen LogP contribution in [0, 0.1) is 5.92 Å². The highest BCUT2D eigenvalue weighted by Gasteiger charge is 2.35. The van der Waals surface area contributed by atoms with Crippen molar-refractivity contribution in [2.75, 3.05) is 13.1 Å². The molecule has 0 saturated carbocycles. The van der Waals surface area contributed by atoms with Gasteiger partial charge in [-0.1, -0.05) is 6.92 Å². The predicted molar refractivity (Wildman–Crippen MR) is 59.6 cm³/mol. The molecule has 3 heteroatoms. The zero-order chi connectivity index (χ0) is 10.0. The lowest BCUT2D eigenvalue weighted by Gasteiger charge is -2.38. The lowest BCUT2D eigenvalue weighted by molar-refractivity contribution is -0.0328. The molecule has 0 bridgehead atoms. The zero-order valence-corrected chi connectivity index (χ0v) is 9.31. The largest absolute Gasteiger partial charge is 0.389 e. The van der Waals surface area contributed by atoms with Gasteiger partial charge in [0.25, 0.3) is 0 Å². The number of hydrogen-bond acceptors (Lipinski definition) is 3. The molecule has 0 spiro atoms. The molecule has 78 valence electrons. The van der Waals surface area contributed by atoms with E-state index in [-0.39, 0.29) is 0 Å². The zero-order valence-electron chi connectivity index (χ0n) is 8.49. The minimum Gasteiger partial charge on any atom is -0.389 e. The van der Waals surface area contributed by atoms with Crippen molar-refractivity contribution in [3.05, 3.63) is 22.4 Å².